The van der Waals surface area contributed by atoms with Crippen molar-refractivity contribution in [3.8, 4) is 0 Å². The fraction of sp³-hybridized carbons (Fsp3) is 0.917. The molecule has 2 rings (SSSR count). The van der Waals surface area contributed by atoms with E-state index < -0.39 is 7.60 Å². The van der Waals surface area contributed by atoms with E-state index in [4.69, 9.17) is 13.8 Å². The lowest BCUT2D eigenvalue weighted by atomic mass is 9.75. The van der Waals surface area contributed by atoms with E-state index in [0.717, 1.165) is 25.7 Å². The van der Waals surface area contributed by atoms with E-state index in [9.17, 15) is 4.57 Å². The SMILES string of the molecule is C=CCOCP(=O)(O[C@@H]1C[C@H](C)CC[C@H]1C(C)C)O[C@@H]1C[C@H](C)CC[C@H]1C(C)C. The van der Waals surface area contributed by atoms with E-state index in [1.54, 1.807) is 6.08 Å². The number of rotatable bonds is 10. The van der Waals surface area contributed by atoms with Gasteiger partial charge in [0.2, 0.25) is 0 Å². The minimum absolute atomic E-state index is 0.0181. The second-order valence-corrected chi connectivity index (χ2v) is 12.2. The summed E-state index contributed by atoms with van der Waals surface area (Å²) in [5.74, 6) is 3.05. The Hall–Kier alpha value is -0.150. The van der Waals surface area contributed by atoms with Crippen molar-refractivity contribution in [3.05, 3.63) is 12.7 Å². The Bertz CT molecular complexity index is 509. The van der Waals surface area contributed by atoms with Crippen LogP contribution in [0.5, 0.6) is 0 Å². The number of ether oxygens (including phenoxy) is 1. The molecule has 2 aliphatic carbocycles. The van der Waals surface area contributed by atoms with Crippen LogP contribution >= 0.6 is 7.60 Å². The third kappa shape index (κ3) is 7.49. The predicted octanol–water partition coefficient (Wildman–Crippen LogP) is 7.29. The number of hydrogen-bond donors (Lipinski definition) is 0. The molecule has 0 heterocycles. The standard InChI is InChI=1S/C24H45O4P/c1-8-13-26-16-29(25,27-23-14-19(6)9-11-21(23)17(2)3)28-24-15-20(7)10-12-22(24)18(4)5/h8,17-24H,1,9-16H2,2-7H3/t19-,20-,21+,22+,23-,24-/m1/s1. The summed E-state index contributed by atoms with van der Waals surface area (Å²) < 4.78 is 32.4. The van der Waals surface area contributed by atoms with Gasteiger partial charge in [-0.15, -0.1) is 6.58 Å². The summed E-state index contributed by atoms with van der Waals surface area (Å²) in [5.41, 5.74) is 0. The first-order valence-corrected chi connectivity index (χ1v) is 13.5. The maximum atomic E-state index is 14.0. The van der Waals surface area contributed by atoms with Gasteiger partial charge >= 0.3 is 7.60 Å². The van der Waals surface area contributed by atoms with Crippen molar-refractivity contribution in [2.24, 2.45) is 35.5 Å². The molecule has 0 aromatic rings. The van der Waals surface area contributed by atoms with Gasteiger partial charge in [0.1, 0.15) is 6.35 Å². The molecule has 5 heteroatoms. The van der Waals surface area contributed by atoms with Gasteiger partial charge in [0.05, 0.1) is 18.8 Å². The molecular weight excluding hydrogens is 383 g/mol. The summed E-state index contributed by atoms with van der Waals surface area (Å²) in [5, 5.41) is 0. The molecule has 0 radical (unpaired) electrons. The zero-order valence-electron chi connectivity index (χ0n) is 19.6. The van der Waals surface area contributed by atoms with Crippen molar-refractivity contribution in [2.45, 2.75) is 92.3 Å². The third-order valence-corrected chi connectivity index (χ3v) is 8.68. The first kappa shape index (κ1) is 25.1. The maximum Gasteiger partial charge on any atom is 0.356 e. The Kier molecular flexibility index (Phi) is 9.93. The first-order valence-electron chi connectivity index (χ1n) is 11.8. The smallest absolute Gasteiger partial charge is 0.356 e. The number of hydrogen-bond acceptors (Lipinski definition) is 4. The average molecular weight is 429 g/mol. The molecule has 170 valence electrons. The van der Waals surface area contributed by atoms with E-state index in [0.29, 0.717) is 42.1 Å². The van der Waals surface area contributed by atoms with E-state index in [-0.39, 0.29) is 18.6 Å². The van der Waals surface area contributed by atoms with E-state index in [1.807, 2.05) is 0 Å². The Labute approximate surface area is 179 Å². The summed E-state index contributed by atoms with van der Waals surface area (Å²) in [6.07, 6.45) is 8.27. The van der Waals surface area contributed by atoms with Crippen LogP contribution in [0.1, 0.15) is 80.1 Å². The van der Waals surface area contributed by atoms with Gasteiger partial charge in [-0.2, -0.15) is 0 Å². The van der Waals surface area contributed by atoms with Crippen molar-refractivity contribution < 1.29 is 18.3 Å². The average Bonchev–Trinajstić information content (AvgIpc) is 2.61. The lowest BCUT2D eigenvalue weighted by Gasteiger charge is -2.41. The molecule has 0 aromatic heterocycles. The monoisotopic (exact) mass is 428 g/mol. The van der Waals surface area contributed by atoms with Crippen LogP contribution in [-0.4, -0.2) is 25.2 Å². The van der Waals surface area contributed by atoms with Gasteiger partial charge in [0, 0.05) is 0 Å². The van der Waals surface area contributed by atoms with Gasteiger partial charge in [-0.3, -0.25) is 4.57 Å². The summed E-state index contributed by atoms with van der Waals surface area (Å²) in [6.45, 7) is 17.6. The largest absolute Gasteiger partial charge is 0.365 e. The van der Waals surface area contributed by atoms with Crippen LogP contribution in [0.3, 0.4) is 0 Å². The molecule has 0 bridgehead atoms. The van der Waals surface area contributed by atoms with Crippen molar-refractivity contribution in [1.29, 1.82) is 0 Å². The quantitative estimate of drug-likeness (QED) is 0.208. The fourth-order valence-electron chi connectivity index (χ4n) is 5.22. The van der Waals surface area contributed by atoms with Gasteiger partial charge in [-0.05, 0) is 61.2 Å². The topological polar surface area (TPSA) is 44.8 Å². The molecule has 0 aliphatic heterocycles. The Morgan fingerprint density at radius 1 is 0.897 bits per heavy atom. The lowest BCUT2D eigenvalue weighted by molar-refractivity contribution is -0.0110. The molecule has 6 atom stereocenters. The highest BCUT2D eigenvalue weighted by Crippen LogP contribution is 2.56. The molecule has 0 amide bonds. The van der Waals surface area contributed by atoms with Crippen LogP contribution in [0, 0.1) is 35.5 Å². The second kappa shape index (κ2) is 11.5. The second-order valence-electron chi connectivity index (χ2n) is 10.3. The van der Waals surface area contributed by atoms with Gasteiger partial charge < -0.3 is 13.8 Å². The summed E-state index contributed by atoms with van der Waals surface area (Å²) in [4.78, 5) is 0. The summed E-state index contributed by atoms with van der Waals surface area (Å²) in [7, 11) is -3.36. The molecular formula is C24H45O4P. The van der Waals surface area contributed by atoms with E-state index >= 15 is 0 Å². The van der Waals surface area contributed by atoms with Gasteiger partial charge in [0.25, 0.3) is 0 Å². The highest BCUT2D eigenvalue weighted by atomic mass is 31.2. The molecule has 4 nitrogen and oxygen atoms in total. The van der Waals surface area contributed by atoms with Crippen LogP contribution in [-0.2, 0) is 18.3 Å². The molecule has 2 aliphatic rings. The highest BCUT2D eigenvalue weighted by Gasteiger charge is 2.42. The molecule has 29 heavy (non-hydrogen) atoms. The first-order chi connectivity index (χ1) is 13.6. The normalized spacial score (nSPS) is 33.9. The molecule has 2 fully saturated rings. The lowest BCUT2D eigenvalue weighted by Crippen LogP contribution is -2.37. The minimum atomic E-state index is -3.36. The fourth-order valence-corrected chi connectivity index (χ4v) is 7.03. The Morgan fingerprint density at radius 3 is 1.72 bits per heavy atom. The van der Waals surface area contributed by atoms with E-state index in [1.165, 1.54) is 12.8 Å². The van der Waals surface area contributed by atoms with Crippen molar-refractivity contribution in [3.63, 3.8) is 0 Å². The Balaban J connectivity index is 2.19. The summed E-state index contributed by atoms with van der Waals surface area (Å²) in [6, 6.07) is 0. The van der Waals surface area contributed by atoms with Crippen molar-refractivity contribution >= 4 is 7.60 Å². The molecule has 0 spiro atoms. The minimum Gasteiger partial charge on any atom is -0.365 e. The van der Waals surface area contributed by atoms with Crippen LogP contribution in [0.25, 0.3) is 0 Å². The molecule has 2 saturated carbocycles. The van der Waals surface area contributed by atoms with Crippen LogP contribution < -0.4 is 0 Å². The van der Waals surface area contributed by atoms with Crippen molar-refractivity contribution in [2.75, 3.05) is 13.0 Å². The van der Waals surface area contributed by atoms with Gasteiger partial charge in [-0.1, -0.05) is 60.5 Å². The zero-order valence-corrected chi connectivity index (χ0v) is 20.5. The van der Waals surface area contributed by atoms with Crippen LogP contribution in [0.2, 0.25) is 0 Å². The molecule has 0 unspecified atom stereocenters. The van der Waals surface area contributed by atoms with Crippen molar-refractivity contribution in [1.82, 2.24) is 0 Å². The predicted molar refractivity (Wildman–Crippen MR) is 121 cm³/mol. The molecule has 0 aromatic carbocycles. The van der Waals surface area contributed by atoms with Gasteiger partial charge in [-0.25, -0.2) is 0 Å². The zero-order chi connectivity index (χ0) is 21.6. The van der Waals surface area contributed by atoms with Gasteiger partial charge in [0.15, 0.2) is 0 Å². The van der Waals surface area contributed by atoms with Crippen LogP contribution in [0.15, 0.2) is 12.7 Å². The Morgan fingerprint density at radius 2 is 1.34 bits per heavy atom. The van der Waals surface area contributed by atoms with Crippen LogP contribution in [0.4, 0.5) is 0 Å². The maximum absolute atomic E-state index is 14.0. The molecule has 0 N–H and O–H groups in total. The highest BCUT2D eigenvalue weighted by molar-refractivity contribution is 7.53. The van der Waals surface area contributed by atoms with E-state index in [2.05, 4.69) is 48.1 Å². The third-order valence-electron chi connectivity index (χ3n) is 7.00. The summed E-state index contributed by atoms with van der Waals surface area (Å²) >= 11 is 0. The molecule has 0 saturated heterocycles.